The van der Waals surface area contributed by atoms with Crippen molar-refractivity contribution < 1.29 is 13.6 Å². The Hall–Kier alpha value is -4.20. The Balaban J connectivity index is 1.27. The summed E-state index contributed by atoms with van der Waals surface area (Å²) in [6, 6.07) is 12.4. The number of H-pyrrole nitrogens is 1. The first-order chi connectivity index (χ1) is 15.6. The second-order valence-electron chi connectivity index (χ2n) is 7.60. The van der Waals surface area contributed by atoms with E-state index in [0.29, 0.717) is 24.4 Å². The number of anilines is 1. The van der Waals surface area contributed by atoms with Gasteiger partial charge in [-0.05, 0) is 43.2 Å². The highest BCUT2D eigenvalue weighted by Crippen LogP contribution is 2.25. The van der Waals surface area contributed by atoms with Crippen molar-refractivity contribution in [3.8, 4) is 11.3 Å². The summed E-state index contributed by atoms with van der Waals surface area (Å²) in [5.41, 5.74) is 4.52. The quantitative estimate of drug-likeness (QED) is 0.399. The van der Waals surface area contributed by atoms with Crippen molar-refractivity contribution in [1.82, 2.24) is 19.7 Å². The number of aromatic amines is 1. The lowest BCUT2D eigenvalue weighted by Gasteiger charge is -2.03. The molecule has 3 aromatic heterocycles. The van der Waals surface area contributed by atoms with Crippen LogP contribution in [0.15, 0.2) is 71.9 Å². The van der Waals surface area contributed by atoms with Crippen LogP contribution in [0.25, 0.3) is 22.2 Å². The number of aryl methyl sites for hydroxylation is 3. The van der Waals surface area contributed by atoms with E-state index in [9.17, 15) is 9.18 Å². The van der Waals surface area contributed by atoms with Crippen molar-refractivity contribution in [2.24, 2.45) is 0 Å². The zero-order valence-corrected chi connectivity index (χ0v) is 17.3. The lowest BCUT2D eigenvalue weighted by Crippen LogP contribution is -2.13. The third kappa shape index (κ3) is 3.90. The molecule has 0 saturated heterocycles. The number of benzene rings is 2. The molecular weight excluding hydrogens is 409 g/mol. The van der Waals surface area contributed by atoms with Crippen LogP contribution >= 0.6 is 0 Å². The minimum absolute atomic E-state index is 0.212. The minimum atomic E-state index is -0.373. The van der Waals surface area contributed by atoms with Crippen molar-refractivity contribution in [2.75, 3.05) is 5.32 Å². The van der Waals surface area contributed by atoms with E-state index in [4.69, 9.17) is 4.42 Å². The Labute approximate surface area is 182 Å². The van der Waals surface area contributed by atoms with Crippen molar-refractivity contribution in [3.63, 3.8) is 0 Å². The number of nitrogens with one attached hydrogen (secondary N) is 2. The molecule has 1 amide bonds. The van der Waals surface area contributed by atoms with Gasteiger partial charge in [-0.3, -0.25) is 9.48 Å². The largest absolute Gasteiger partial charge is 0.443 e. The number of hydrogen-bond acceptors (Lipinski definition) is 4. The third-order valence-corrected chi connectivity index (χ3v) is 5.29. The first-order valence-corrected chi connectivity index (χ1v) is 10.2. The Kier molecular flexibility index (Phi) is 5.03. The Morgan fingerprint density at radius 3 is 3.03 bits per heavy atom. The molecule has 0 aliphatic carbocycles. The van der Waals surface area contributed by atoms with Gasteiger partial charge in [0.05, 0.1) is 11.9 Å². The number of fused-ring (bicyclic) bond motifs is 1. The van der Waals surface area contributed by atoms with E-state index in [0.717, 1.165) is 27.6 Å². The van der Waals surface area contributed by atoms with Crippen molar-refractivity contribution in [3.05, 3.63) is 90.1 Å². The van der Waals surface area contributed by atoms with Gasteiger partial charge in [-0.2, -0.15) is 5.10 Å². The van der Waals surface area contributed by atoms with Crippen LogP contribution in [0.1, 0.15) is 21.6 Å². The molecular formula is C24H20FN5O2. The molecule has 5 rings (SSSR count). The fraction of sp³-hybridized carbons (Fsp3) is 0.125. The predicted octanol–water partition coefficient (Wildman–Crippen LogP) is 4.96. The second-order valence-corrected chi connectivity index (χ2v) is 7.60. The maximum Gasteiger partial charge on any atom is 0.278 e. The van der Waals surface area contributed by atoms with E-state index in [-0.39, 0.29) is 17.4 Å². The summed E-state index contributed by atoms with van der Waals surface area (Å²) in [4.78, 5) is 20.0. The van der Waals surface area contributed by atoms with E-state index < -0.39 is 0 Å². The van der Waals surface area contributed by atoms with Crippen LogP contribution in [0.4, 0.5) is 10.1 Å². The van der Waals surface area contributed by atoms with E-state index in [1.165, 1.54) is 18.5 Å². The Bertz CT molecular complexity index is 1410. The SMILES string of the molecule is Cc1cccc(-c2ocnc2C(=O)Nc2cnn(CCc3c[nH]c4ccc(F)cc34)c2)c1. The smallest absolute Gasteiger partial charge is 0.278 e. The molecule has 0 unspecified atom stereocenters. The zero-order valence-electron chi connectivity index (χ0n) is 17.3. The molecule has 3 heterocycles. The number of oxazole rings is 1. The van der Waals surface area contributed by atoms with Gasteiger partial charge in [-0.1, -0.05) is 23.8 Å². The molecule has 0 saturated carbocycles. The molecule has 160 valence electrons. The Morgan fingerprint density at radius 1 is 1.25 bits per heavy atom. The summed E-state index contributed by atoms with van der Waals surface area (Å²) in [5, 5.41) is 7.99. The number of carbonyl (C=O) groups excluding carboxylic acids is 1. The van der Waals surface area contributed by atoms with Gasteiger partial charge in [0.15, 0.2) is 17.8 Å². The van der Waals surface area contributed by atoms with Crippen LogP contribution < -0.4 is 5.32 Å². The summed E-state index contributed by atoms with van der Waals surface area (Å²) in [5.74, 6) is -0.215. The molecule has 5 aromatic rings. The monoisotopic (exact) mass is 429 g/mol. The number of amides is 1. The molecule has 8 heteroatoms. The van der Waals surface area contributed by atoms with Crippen LogP contribution in [0.2, 0.25) is 0 Å². The number of nitrogens with zero attached hydrogens (tertiary/aromatic N) is 3. The molecule has 0 atom stereocenters. The van der Waals surface area contributed by atoms with E-state index in [1.54, 1.807) is 23.1 Å². The molecule has 0 fully saturated rings. The number of hydrogen-bond donors (Lipinski definition) is 2. The summed E-state index contributed by atoms with van der Waals surface area (Å²) < 4.78 is 20.8. The highest BCUT2D eigenvalue weighted by atomic mass is 19.1. The van der Waals surface area contributed by atoms with Crippen LogP contribution in [0, 0.1) is 12.7 Å². The summed E-state index contributed by atoms with van der Waals surface area (Å²) >= 11 is 0. The maximum absolute atomic E-state index is 13.6. The number of halogens is 1. The van der Waals surface area contributed by atoms with Gasteiger partial charge in [0.2, 0.25) is 0 Å². The Morgan fingerprint density at radius 2 is 2.16 bits per heavy atom. The average molecular weight is 429 g/mol. The fourth-order valence-electron chi connectivity index (χ4n) is 3.73. The third-order valence-electron chi connectivity index (χ3n) is 5.29. The number of aromatic nitrogens is 4. The molecule has 0 bridgehead atoms. The van der Waals surface area contributed by atoms with Crippen LogP contribution in [0.5, 0.6) is 0 Å². The van der Waals surface area contributed by atoms with Gasteiger partial charge in [0.1, 0.15) is 5.82 Å². The van der Waals surface area contributed by atoms with E-state index >= 15 is 0 Å². The average Bonchev–Trinajstić information content (AvgIpc) is 3.52. The summed E-state index contributed by atoms with van der Waals surface area (Å²) in [6.45, 7) is 2.55. The van der Waals surface area contributed by atoms with Crippen LogP contribution in [0.3, 0.4) is 0 Å². The molecule has 2 aromatic carbocycles. The highest BCUT2D eigenvalue weighted by Gasteiger charge is 2.19. The summed E-state index contributed by atoms with van der Waals surface area (Å²) in [6.07, 6.45) is 7.14. The maximum atomic E-state index is 13.6. The molecule has 32 heavy (non-hydrogen) atoms. The first-order valence-electron chi connectivity index (χ1n) is 10.2. The summed E-state index contributed by atoms with van der Waals surface area (Å²) in [7, 11) is 0. The van der Waals surface area contributed by atoms with Gasteiger partial charge >= 0.3 is 0 Å². The van der Waals surface area contributed by atoms with E-state index in [1.807, 2.05) is 37.4 Å². The molecule has 0 aliphatic rings. The first kappa shape index (κ1) is 19.7. The number of carbonyl (C=O) groups is 1. The van der Waals surface area contributed by atoms with E-state index in [2.05, 4.69) is 20.4 Å². The number of rotatable bonds is 6. The molecule has 0 radical (unpaired) electrons. The fourth-order valence-corrected chi connectivity index (χ4v) is 3.73. The van der Waals surface area contributed by atoms with Crippen LogP contribution in [-0.2, 0) is 13.0 Å². The molecule has 0 aliphatic heterocycles. The van der Waals surface area contributed by atoms with Gasteiger partial charge in [0, 0.05) is 35.4 Å². The lowest BCUT2D eigenvalue weighted by atomic mass is 10.1. The predicted molar refractivity (Wildman–Crippen MR) is 119 cm³/mol. The zero-order chi connectivity index (χ0) is 22.1. The van der Waals surface area contributed by atoms with Crippen molar-refractivity contribution >= 4 is 22.5 Å². The van der Waals surface area contributed by atoms with Crippen molar-refractivity contribution in [1.29, 1.82) is 0 Å². The van der Waals surface area contributed by atoms with Crippen LogP contribution in [-0.4, -0.2) is 25.7 Å². The molecule has 0 spiro atoms. The van der Waals surface area contributed by atoms with Crippen molar-refractivity contribution in [2.45, 2.75) is 19.9 Å². The topological polar surface area (TPSA) is 88.7 Å². The van der Waals surface area contributed by atoms with Gasteiger partial charge in [-0.25, -0.2) is 9.37 Å². The normalized spacial score (nSPS) is 11.2. The molecule has 7 nitrogen and oxygen atoms in total. The van der Waals surface area contributed by atoms with Gasteiger partial charge < -0.3 is 14.7 Å². The minimum Gasteiger partial charge on any atom is -0.443 e. The highest BCUT2D eigenvalue weighted by molar-refractivity contribution is 6.06. The van der Waals surface area contributed by atoms with Gasteiger partial charge in [0.25, 0.3) is 5.91 Å². The second kappa shape index (κ2) is 8.14. The van der Waals surface area contributed by atoms with Gasteiger partial charge in [-0.15, -0.1) is 0 Å². The standard InChI is InChI=1S/C24H20FN5O2/c1-15-3-2-4-16(9-15)23-22(27-14-32-23)24(31)29-19-12-28-30(13-19)8-7-17-11-26-21-6-5-18(25)10-20(17)21/h2-6,9-14,26H,7-8H2,1H3,(H,29,31). The molecule has 2 N–H and O–H groups in total. The lowest BCUT2D eigenvalue weighted by molar-refractivity contribution is 0.102.